The van der Waals surface area contributed by atoms with Gasteiger partial charge in [0.1, 0.15) is 0 Å². The van der Waals surface area contributed by atoms with Gasteiger partial charge in [-0.25, -0.2) is 0 Å². The normalized spacial score (nSPS) is 17.4. The fourth-order valence-electron chi connectivity index (χ4n) is 2.24. The standard InChI is InChI=1S/C16H20N2OS/c1-2-13-11-12(5-3-9-17)7-8-14(13)18-16(19)15-6-4-10-20-15/h7-8,11,15H,2,4,6,9-10,17H2,1H3,(H,18,19). The Morgan fingerprint density at radius 2 is 2.40 bits per heavy atom. The molecule has 1 amide bonds. The lowest BCUT2D eigenvalue weighted by Crippen LogP contribution is -2.23. The third-order valence-corrected chi connectivity index (χ3v) is 4.68. The fraction of sp³-hybridized carbons (Fsp3) is 0.438. The molecule has 0 aromatic heterocycles. The summed E-state index contributed by atoms with van der Waals surface area (Å²) in [6.07, 6.45) is 2.99. The maximum Gasteiger partial charge on any atom is 0.237 e. The largest absolute Gasteiger partial charge is 0.325 e. The molecule has 1 fully saturated rings. The summed E-state index contributed by atoms with van der Waals surface area (Å²) in [6, 6.07) is 5.90. The monoisotopic (exact) mass is 288 g/mol. The van der Waals surface area contributed by atoms with Crippen molar-refractivity contribution in [2.45, 2.75) is 31.4 Å². The van der Waals surface area contributed by atoms with Crippen molar-refractivity contribution in [2.24, 2.45) is 5.73 Å². The summed E-state index contributed by atoms with van der Waals surface area (Å²) in [5.74, 6) is 7.09. The second-order valence-electron chi connectivity index (χ2n) is 4.72. The van der Waals surface area contributed by atoms with Crippen LogP contribution in [0, 0.1) is 11.8 Å². The fourth-order valence-corrected chi connectivity index (χ4v) is 3.40. The van der Waals surface area contributed by atoms with E-state index in [-0.39, 0.29) is 11.2 Å². The first kappa shape index (κ1) is 15.0. The van der Waals surface area contributed by atoms with E-state index in [1.54, 1.807) is 11.8 Å². The van der Waals surface area contributed by atoms with Crippen LogP contribution in [-0.4, -0.2) is 23.5 Å². The summed E-state index contributed by atoms with van der Waals surface area (Å²) in [7, 11) is 0. The van der Waals surface area contributed by atoms with Crippen LogP contribution in [0.3, 0.4) is 0 Å². The predicted molar refractivity (Wildman–Crippen MR) is 85.9 cm³/mol. The molecule has 106 valence electrons. The summed E-state index contributed by atoms with van der Waals surface area (Å²) in [4.78, 5) is 12.2. The van der Waals surface area contributed by atoms with Gasteiger partial charge in [0.2, 0.25) is 5.91 Å². The maximum absolute atomic E-state index is 12.2. The van der Waals surface area contributed by atoms with Crippen LogP contribution < -0.4 is 11.1 Å². The van der Waals surface area contributed by atoms with E-state index in [0.29, 0.717) is 6.54 Å². The topological polar surface area (TPSA) is 55.1 Å². The molecule has 3 N–H and O–H groups in total. The Hall–Kier alpha value is -1.44. The number of nitrogens with two attached hydrogens (primary N) is 1. The van der Waals surface area contributed by atoms with Gasteiger partial charge < -0.3 is 11.1 Å². The number of rotatable bonds is 3. The molecule has 3 nitrogen and oxygen atoms in total. The second-order valence-corrected chi connectivity index (χ2v) is 6.03. The minimum atomic E-state index is 0.108. The Kier molecular flexibility index (Phi) is 5.51. The van der Waals surface area contributed by atoms with Crippen molar-refractivity contribution in [3.63, 3.8) is 0 Å². The van der Waals surface area contributed by atoms with E-state index >= 15 is 0 Å². The number of hydrogen-bond donors (Lipinski definition) is 2. The maximum atomic E-state index is 12.2. The summed E-state index contributed by atoms with van der Waals surface area (Å²) in [6.45, 7) is 2.44. The Balaban J connectivity index is 2.12. The van der Waals surface area contributed by atoms with E-state index in [4.69, 9.17) is 5.73 Å². The van der Waals surface area contributed by atoms with E-state index in [2.05, 4.69) is 24.1 Å². The number of anilines is 1. The highest BCUT2D eigenvalue weighted by molar-refractivity contribution is 8.00. The molecule has 0 spiro atoms. The Morgan fingerprint density at radius 1 is 1.55 bits per heavy atom. The van der Waals surface area contributed by atoms with Crippen LogP contribution in [0.25, 0.3) is 0 Å². The van der Waals surface area contributed by atoms with Gasteiger partial charge in [0, 0.05) is 11.3 Å². The van der Waals surface area contributed by atoms with Crippen LogP contribution in [0.1, 0.15) is 30.9 Å². The molecule has 1 aliphatic rings. The molecule has 0 radical (unpaired) electrons. The van der Waals surface area contributed by atoms with Crippen molar-refractivity contribution in [2.75, 3.05) is 17.6 Å². The molecule has 0 bridgehead atoms. The molecule has 2 rings (SSSR count). The molecule has 4 heteroatoms. The van der Waals surface area contributed by atoms with Crippen molar-refractivity contribution in [1.29, 1.82) is 0 Å². The summed E-state index contributed by atoms with van der Waals surface area (Å²) >= 11 is 1.75. The van der Waals surface area contributed by atoms with Crippen molar-refractivity contribution >= 4 is 23.4 Å². The Bertz CT molecular complexity index is 539. The van der Waals surface area contributed by atoms with Gasteiger partial charge >= 0.3 is 0 Å². The highest BCUT2D eigenvalue weighted by Crippen LogP contribution is 2.28. The van der Waals surface area contributed by atoms with Crippen LogP contribution in [0.15, 0.2) is 18.2 Å². The minimum Gasteiger partial charge on any atom is -0.325 e. The van der Waals surface area contributed by atoms with E-state index in [0.717, 1.165) is 41.8 Å². The van der Waals surface area contributed by atoms with Gasteiger partial charge in [-0.05, 0) is 48.8 Å². The van der Waals surface area contributed by atoms with Crippen LogP contribution in [0.2, 0.25) is 0 Å². The SMILES string of the molecule is CCc1cc(C#CCN)ccc1NC(=O)C1CCCS1. The van der Waals surface area contributed by atoms with E-state index < -0.39 is 0 Å². The Labute approximate surface area is 124 Å². The zero-order valence-corrected chi connectivity index (χ0v) is 12.6. The van der Waals surface area contributed by atoms with Gasteiger partial charge in [0.05, 0.1) is 11.8 Å². The minimum absolute atomic E-state index is 0.108. The van der Waals surface area contributed by atoms with Gasteiger partial charge in [-0.2, -0.15) is 0 Å². The van der Waals surface area contributed by atoms with Crippen LogP contribution in [0.4, 0.5) is 5.69 Å². The molecule has 20 heavy (non-hydrogen) atoms. The number of amides is 1. The highest BCUT2D eigenvalue weighted by atomic mass is 32.2. The molecule has 1 aromatic rings. The summed E-state index contributed by atoms with van der Waals surface area (Å²) in [5, 5.41) is 3.16. The molecule has 0 aliphatic carbocycles. The first-order valence-corrected chi connectivity index (χ1v) is 8.03. The molecule has 1 heterocycles. The molecule has 1 aromatic carbocycles. The van der Waals surface area contributed by atoms with Gasteiger partial charge in [0.25, 0.3) is 0 Å². The van der Waals surface area contributed by atoms with Crippen LogP contribution in [0.5, 0.6) is 0 Å². The third kappa shape index (κ3) is 3.78. The van der Waals surface area contributed by atoms with Gasteiger partial charge in [-0.15, -0.1) is 11.8 Å². The first-order chi connectivity index (χ1) is 9.74. The molecule has 1 saturated heterocycles. The lowest BCUT2D eigenvalue weighted by atomic mass is 10.1. The summed E-state index contributed by atoms with van der Waals surface area (Å²) < 4.78 is 0. The average Bonchev–Trinajstić information content (AvgIpc) is 3.00. The molecule has 1 unspecified atom stereocenters. The lowest BCUT2D eigenvalue weighted by molar-refractivity contribution is -0.115. The first-order valence-electron chi connectivity index (χ1n) is 6.99. The molecular weight excluding hydrogens is 268 g/mol. The number of carbonyl (C=O) groups excluding carboxylic acids is 1. The quantitative estimate of drug-likeness (QED) is 0.840. The second kappa shape index (κ2) is 7.37. The van der Waals surface area contributed by atoms with E-state index in [1.165, 1.54) is 0 Å². The summed E-state index contributed by atoms with van der Waals surface area (Å²) in [5.41, 5.74) is 8.35. The number of carbonyl (C=O) groups is 1. The number of nitrogens with one attached hydrogen (secondary N) is 1. The molecule has 1 aliphatic heterocycles. The number of benzene rings is 1. The van der Waals surface area contributed by atoms with Crippen molar-refractivity contribution in [1.82, 2.24) is 0 Å². The third-order valence-electron chi connectivity index (χ3n) is 3.30. The zero-order chi connectivity index (χ0) is 14.4. The zero-order valence-electron chi connectivity index (χ0n) is 11.7. The Morgan fingerprint density at radius 3 is 3.05 bits per heavy atom. The van der Waals surface area contributed by atoms with Crippen LogP contribution >= 0.6 is 11.8 Å². The van der Waals surface area contributed by atoms with E-state index in [9.17, 15) is 4.79 Å². The molecular formula is C16H20N2OS. The van der Waals surface area contributed by atoms with E-state index in [1.807, 2.05) is 18.2 Å². The number of aryl methyl sites for hydroxylation is 1. The predicted octanol–water partition coefficient (Wildman–Crippen LogP) is 2.39. The van der Waals surface area contributed by atoms with Gasteiger partial charge in [-0.3, -0.25) is 4.79 Å². The van der Waals surface area contributed by atoms with Crippen molar-refractivity contribution in [3.8, 4) is 11.8 Å². The number of hydrogen-bond acceptors (Lipinski definition) is 3. The van der Waals surface area contributed by atoms with Crippen LogP contribution in [-0.2, 0) is 11.2 Å². The van der Waals surface area contributed by atoms with Gasteiger partial charge in [0.15, 0.2) is 0 Å². The smallest absolute Gasteiger partial charge is 0.237 e. The van der Waals surface area contributed by atoms with Crippen molar-refractivity contribution in [3.05, 3.63) is 29.3 Å². The van der Waals surface area contributed by atoms with Gasteiger partial charge in [-0.1, -0.05) is 18.8 Å². The lowest BCUT2D eigenvalue weighted by Gasteiger charge is -2.13. The highest BCUT2D eigenvalue weighted by Gasteiger charge is 2.23. The number of thioether (sulfide) groups is 1. The molecule has 0 saturated carbocycles. The average molecular weight is 288 g/mol. The van der Waals surface area contributed by atoms with Crippen molar-refractivity contribution < 1.29 is 4.79 Å². The molecule has 1 atom stereocenters.